The molecule has 1 aromatic heterocycles. The normalized spacial score (nSPS) is 23.3. The van der Waals surface area contributed by atoms with Gasteiger partial charge >= 0.3 is 5.97 Å². The number of piperidine rings is 3. The minimum Gasteiger partial charge on any atom is -0.497 e. The fraction of sp³-hybridized carbons (Fsp3) is 0.367. The number of rotatable bonds is 9. The molecule has 3 aliphatic rings. The number of aromatic nitrogens is 1. The third kappa shape index (κ3) is 5.09. The van der Waals surface area contributed by atoms with Gasteiger partial charge in [0.1, 0.15) is 18.4 Å². The molecule has 37 heavy (non-hydrogen) atoms. The summed E-state index contributed by atoms with van der Waals surface area (Å²) in [5.41, 5.74) is 2.91. The first-order valence-corrected chi connectivity index (χ1v) is 12.8. The van der Waals surface area contributed by atoms with Gasteiger partial charge in [0.25, 0.3) is 0 Å². The minimum atomic E-state index is -0.486. The summed E-state index contributed by atoms with van der Waals surface area (Å²) in [5.74, 6) is 0.855. The highest BCUT2D eigenvalue weighted by molar-refractivity contribution is 5.99. The molecular formula is C30H33N3O4. The van der Waals surface area contributed by atoms with E-state index in [-0.39, 0.29) is 30.4 Å². The lowest BCUT2D eigenvalue weighted by Gasteiger charge is -2.51. The smallest absolute Gasteiger partial charge is 0.325 e. The average Bonchev–Trinajstić information content (AvgIpc) is 2.94. The summed E-state index contributed by atoms with van der Waals surface area (Å²) in [7, 11) is 1.64. The number of nitrogens with one attached hydrogen (secondary N) is 1. The molecule has 0 spiro atoms. The van der Waals surface area contributed by atoms with Crippen molar-refractivity contribution in [3.05, 3.63) is 78.5 Å². The maximum Gasteiger partial charge on any atom is 0.325 e. The van der Waals surface area contributed by atoms with E-state index in [1.54, 1.807) is 25.4 Å². The zero-order valence-corrected chi connectivity index (χ0v) is 21.4. The van der Waals surface area contributed by atoms with E-state index < -0.39 is 6.10 Å². The van der Waals surface area contributed by atoms with Gasteiger partial charge in [0, 0.05) is 34.4 Å². The van der Waals surface area contributed by atoms with Gasteiger partial charge in [0.05, 0.1) is 18.7 Å². The Kier molecular flexibility index (Phi) is 7.24. The highest BCUT2D eigenvalue weighted by Gasteiger charge is 2.44. The molecule has 0 aliphatic carbocycles. The number of ketones is 1. The number of fused-ring (bicyclic) bond motifs is 4. The summed E-state index contributed by atoms with van der Waals surface area (Å²) >= 11 is 0. The second-order valence-corrected chi connectivity index (χ2v) is 9.88. The number of carbonyl (C=O) groups is 2. The number of methoxy groups -OCH3 is 1. The van der Waals surface area contributed by atoms with Gasteiger partial charge < -0.3 is 14.8 Å². The number of benzene rings is 2. The van der Waals surface area contributed by atoms with Crippen LogP contribution in [-0.2, 0) is 9.53 Å². The Morgan fingerprint density at radius 1 is 1.22 bits per heavy atom. The predicted molar refractivity (Wildman–Crippen MR) is 144 cm³/mol. The molecule has 6 rings (SSSR count). The van der Waals surface area contributed by atoms with E-state index in [9.17, 15) is 9.59 Å². The maximum absolute atomic E-state index is 13.3. The number of nitrogens with zero attached hydrogens (tertiary/aromatic N) is 2. The molecule has 0 saturated carbocycles. The van der Waals surface area contributed by atoms with Crippen molar-refractivity contribution in [1.29, 1.82) is 0 Å². The molecule has 5 atom stereocenters. The minimum absolute atomic E-state index is 0.0285. The van der Waals surface area contributed by atoms with Crippen molar-refractivity contribution < 1.29 is 19.1 Å². The van der Waals surface area contributed by atoms with Crippen molar-refractivity contribution in [3.63, 3.8) is 0 Å². The van der Waals surface area contributed by atoms with E-state index in [1.165, 1.54) is 6.92 Å². The summed E-state index contributed by atoms with van der Waals surface area (Å²) in [6, 6.07) is 15.2. The van der Waals surface area contributed by atoms with Crippen LogP contribution in [0.15, 0.2) is 67.4 Å². The zero-order valence-electron chi connectivity index (χ0n) is 21.4. The Balaban J connectivity index is 1.47. The molecule has 3 aliphatic heterocycles. The lowest BCUT2D eigenvalue weighted by molar-refractivity contribution is -0.155. The molecule has 1 N–H and O–H groups in total. The van der Waals surface area contributed by atoms with E-state index in [2.05, 4.69) is 21.8 Å². The maximum atomic E-state index is 13.3. The Bertz CT molecular complexity index is 1320. The van der Waals surface area contributed by atoms with Gasteiger partial charge in [-0.25, -0.2) is 0 Å². The molecule has 2 aromatic carbocycles. The molecule has 4 heterocycles. The topological polar surface area (TPSA) is 80.8 Å². The van der Waals surface area contributed by atoms with E-state index in [0.717, 1.165) is 48.0 Å². The van der Waals surface area contributed by atoms with Crippen LogP contribution in [0.5, 0.6) is 5.75 Å². The third-order valence-corrected chi connectivity index (χ3v) is 7.70. The van der Waals surface area contributed by atoms with Crippen LogP contribution in [0.25, 0.3) is 10.9 Å². The first kappa shape index (κ1) is 25.0. The van der Waals surface area contributed by atoms with Crippen LogP contribution in [0.3, 0.4) is 0 Å². The average molecular weight is 500 g/mol. The molecule has 7 nitrogen and oxygen atoms in total. The van der Waals surface area contributed by atoms with Crippen LogP contribution in [0, 0.1) is 5.92 Å². The largest absolute Gasteiger partial charge is 0.497 e. The van der Waals surface area contributed by atoms with Gasteiger partial charge in [-0.3, -0.25) is 19.5 Å². The fourth-order valence-electron chi connectivity index (χ4n) is 5.89. The number of para-hydroxylation sites is 1. The summed E-state index contributed by atoms with van der Waals surface area (Å²) < 4.78 is 11.8. The lowest BCUT2D eigenvalue weighted by atomic mass is 9.76. The fourth-order valence-corrected chi connectivity index (χ4v) is 5.89. The number of esters is 1. The molecule has 3 saturated heterocycles. The molecule has 3 fully saturated rings. The molecule has 0 radical (unpaired) electrons. The van der Waals surface area contributed by atoms with Crippen molar-refractivity contribution in [2.45, 2.75) is 44.4 Å². The SMILES string of the molecule is C=CC1CC2CCN1C(C(OC(=O)CNc1ccccc1C(C)=O)c1ccnc3ccc(OC)cc13)C2. The van der Waals surface area contributed by atoms with Gasteiger partial charge in [0.15, 0.2) is 5.78 Å². The molecule has 192 valence electrons. The number of pyridine rings is 1. The Hall–Kier alpha value is -3.71. The van der Waals surface area contributed by atoms with Crippen LogP contribution in [-0.4, -0.2) is 53.9 Å². The number of hydrogen-bond donors (Lipinski definition) is 1. The van der Waals surface area contributed by atoms with Crippen molar-refractivity contribution >= 4 is 28.3 Å². The highest BCUT2D eigenvalue weighted by Crippen LogP contribution is 2.44. The monoisotopic (exact) mass is 499 g/mol. The Morgan fingerprint density at radius 3 is 2.81 bits per heavy atom. The number of ether oxygens (including phenoxy) is 2. The van der Waals surface area contributed by atoms with E-state index in [4.69, 9.17) is 9.47 Å². The quantitative estimate of drug-likeness (QED) is 0.247. The van der Waals surface area contributed by atoms with Gasteiger partial charge in [0.2, 0.25) is 0 Å². The van der Waals surface area contributed by atoms with Crippen LogP contribution >= 0.6 is 0 Å². The van der Waals surface area contributed by atoms with E-state index in [1.807, 2.05) is 42.5 Å². The predicted octanol–water partition coefficient (Wildman–Crippen LogP) is 5.18. The summed E-state index contributed by atoms with van der Waals surface area (Å²) in [4.78, 5) is 32.3. The second kappa shape index (κ2) is 10.7. The van der Waals surface area contributed by atoms with Crippen molar-refractivity contribution in [2.24, 2.45) is 5.92 Å². The standard InChI is InChI=1S/C30H33N3O4/c1-4-21-15-20-12-14-33(21)28(16-20)30(24-11-13-31-27-10-9-22(36-3)17-25(24)27)37-29(35)18-32-26-8-6-5-7-23(26)19(2)34/h4-11,13,17,20-21,28,30,32H,1,12,14-16,18H2,2-3H3. The molecule has 5 unspecified atom stereocenters. The van der Waals surface area contributed by atoms with Crippen LogP contribution < -0.4 is 10.1 Å². The summed E-state index contributed by atoms with van der Waals surface area (Å²) in [6.45, 7) is 6.50. The number of Topliss-reactive ketones (excluding diaryl/α,β-unsaturated/α-hetero) is 1. The number of hydrogen-bond acceptors (Lipinski definition) is 7. The van der Waals surface area contributed by atoms with E-state index >= 15 is 0 Å². The van der Waals surface area contributed by atoms with Gasteiger partial charge in [-0.2, -0.15) is 0 Å². The molecule has 3 aromatic rings. The first-order chi connectivity index (χ1) is 18.0. The summed E-state index contributed by atoms with van der Waals surface area (Å²) in [5, 5.41) is 4.02. The van der Waals surface area contributed by atoms with Gasteiger partial charge in [-0.1, -0.05) is 18.2 Å². The van der Waals surface area contributed by atoms with Crippen LogP contribution in [0.1, 0.15) is 48.2 Å². The molecule has 2 bridgehead atoms. The van der Waals surface area contributed by atoms with Crippen molar-refractivity contribution in [2.75, 3.05) is 25.5 Å². The summed E-state index contributed by atoms with van der Waals surface area (Å²) in [6.07, 6.45) is 6.50. The second-order valence-electron chi connectivity index (χ2n) is 9.88. The number of anilines is 1. The molecule has 0 amide bonds. The molecule has 7 heteroatoms. The van der Waals surface area contributed by atoms with Crippen LogP contribution in [0.4, 0.5) is 5.69 Å². The lowest BCUT2D eigenvalue weighted by Crippen LogP contribution is -2.56. The van der Waals surface area contributed by atoms with Crippen molar-refractivity contribution in [1.82, 2.24) is 9.88 Å². The first-order valence-electron chi connectivity index (χ1n) is 12.8. The Morgan fingerprint density at radius 2 is 2.05 bits per heavy atom. The van der Waals surface area contributed by atoms with Crippen LogP contribution in [0.2, 0.25) is 0 Å². The highest BCUT2D eigenvalue weighted by atomic mass is 16.5. The van der Waals surface area contributed by atoms with Gasteiger partial charge in [-0.05, 0) is 75.0 Å². The molecular weight excluding hydrogens is 466 g/mol. The zero-order chi connectivity index (χ0) is 25.9. The van der Waals surface area contributed by atoms with Gasteiger partial charge in [-0.15, -0.1) is 6.58 Å². The van der Waals surface area contributed by atoms with E-state index in [0.29, 0.717) is 17.2 Å². The number of carbonyl (C=O) groups excluding carboxylic acids is 2. The third-order valence-electron chi connectivity index (χ3n) is 7.70. The van der Waals surface area contributed by atoms with Crippen molar-refractivity contribution in [3.8, 4) is 5.75 Å². The Labute approximate surface area is 217 Å².